The molecule has 0 amide bonds. The molecule has 0 aliphatic rings. The number of aromatic nitrogens is 2. The number of benzene rings is 2. The zero-order valence-corrected chi connectivity index (χ0v) is 15.8. The number of aliphatic hydroxyl groups excluding tert-OH is 1. The second kappa shape index (κ2) is 9.78. The van der Waals surface area contributed by atoms with E-state index in [1.807, 2.05) is 13.0 Å². The summed E-state index contributed by atoms with van der Waals surface area (Å²) in [6.45, 7) is 2.38. The van der Waals surface area contributed by atoms with Crippen LogP contribution in [0.25, 0.3) is 11.5 Å². The Labute approximate surface area is 165 Å². The molecule has 9 heteroatoms. The van der Waals surface area contributed by atoms with Crippen LogP contribution in [0.1, 0.15) is 11.1 Å². The van der Waals surface area contributed by atoms with Gasteiger partial charge in [0.25, 0.3) is 0 Å². The fourth-order valence-electron chi connectivity index (χ4n) is 2.09. The Morgan fingerprint density at radius 2 is 2.04 bits per heavy atom. The SMILES string of the molecule is Cc1c(NCCO)ccc(C#N)c1Cl.Oc1ccc(-c2nnco2)cc1Cl. The number of hydrogen-bond donors (Lipinski definition) is 3. The molecule has 0 aliphatic heterocycles. The highest BCUT2D eigenvalue weighted by atomic mass is 35.5. The molecule has 0 atom stereocenters. The molecular weight excluding hydrogens is 391 g/mol. The van der Waals surface area contributed by atoms with Crippen molar-refractivity contribution in [3.63, 3.8) is 0 Å². The summed E-state index contributed by atoms with van der Waals surface area (Å²) in [5.41, 5.74) is 2.83. The van der Waals surface area contributed by atoms with Crippen LogP contribution in [0.4, 0.5) is 5.69 Å². The number of halogens is 2. The highest BCUT2D eigenvalue weighted by Crippen LogP contribution is 2.28. The van der Waals surface area contributed by atoms with Crippen molar-refractivity contribution in [1.29, 1.82) is 5.26 Å². The van der Waals surface area contributed by atoms with E-state index in [2.05, 4.69) is 15.5 Å². The van der Waals surface area contributed by atoms with Crippen LogP contribution in [0, 0.1) is 18.3 Å². The number of phenolic OH excluding ortho intramolecular Hbond substituents is 1. The lowest BCUT2D eigenvalue weighted by Gasteiger charge is -2.10. The average molecular weight is 407 g/mol. The van der Waals surface area contributed by atoms with Crippen LogP contribution < -0.4 is 5.32 Å². The topological polar surface area (TPSA) is 115 Å². The second-order valence-corrected chi connectivity index (χ2v) is 6.06. The lowest BCUT2D eigenvalue weighted by molar-refractivity contribution is 0.311. The van der Waals surface area contributed by atoms with Crippen LogP contribution in [0.3, 0.4) is 0 Å². The standard InChI is InChI=1S/C10H11ClN2O.C8H5ClN2O2/c1-7-9(13-4-5-14)3-2-8(6-12)10(7)11;9-6-3-5(1-2-7(6)12)8-11-10-4-13-8/h2-3,13-14H,4-5H2,1H3;1-4,12H. The Bertz CT molecular complexity index is 941. The van der Waals surface area contributed by atoms with Crippen molar-refractivity contribution in [2.75, 3.05) is 18.5 Å². The van der Waals surface area contributed by atoms with Crippen molar-refractivity contribution in [3.05, 3.63) is 57.9 Å². The van der Waals surface area contributed by atoms with E-state index in [1.54, 1.807) is 24.3 Å². The monoisotopic (exact) mass is 406 g/mol. The molecule has 0 bridgehead atoms. The van der Waals surface area contributed by atoms with Gasteiger partial charge in [-0.3, -0.25) is 0 Å². The van der Waals surface area contributed by atoms with Gasteiger partial charge >= 0.3 is 0 Å². The lowest BCUT2D eigenvalue weighted by atomic mass is 10.1. The van der Waals surface area contributed by atoms with Gasteiger partial charge in [0.15, 0.2) is 0 Å². The van der Waals surface area contributed by atoms with E-state index >= 15 is 0 Å². The molecule has 3 N–H and O–H groups in total. The first-order valence-electron chi connectivity index (χ1n) is 7.77. The van der Waals surface area contributed by atoms with E-state index in [-0.39, 0.29) is 17.4 Å². The molecule has 0 aliphatic carbocycles. The first kappa shape index (κ1) is 20.5. The van der Waals surface area contributed by atoms with E-state index < -0.39 is 0 Å². The Kier molecular flexibility index (Phi) is 7.44. The Balaban J connectivity index is 0.000000194. The van der Waals surface area contributed by atoms with Crippen LogP contribution in [0.5, 0.6) is 5.75 Å². The van der Waals surface area contributed by atoms with Crippen molar-refractivity contribution in [1.82, 2.24) is 10.2 Å². The zero-order chi connectivity index (χ0) is 19.8. The molecular formula is C18H16Cl2N4O3. The van der Waals surface area contributed by atoms with Crippen molar-refractivity contribution in [2.45, 2.75) is 6.92 Å². The smallest absolute Gasteiger partial charge is 0.247 e. The van der Waals surface area contributed by atoms with Gasteiger partial charge in [-0.2, -0.15) is 5.26 Å². The van der Waals surface area contributed by atoms with E-state index in [4.69, 9.17) is 43.1 Å². The van der Waals surface area contributed by atoms with Crippen molar-refractivity contribution < 1.29 is 14.6 Å². The van der Waals surface area contributed by atoms with Gasteiger partial charge in [0.2, 0.25) is 12.3 Å². The summed E-state index contributed by atoms with van der Waals surface area (Å²) in [6.07, 6.45) is 1.23. The number of phenols is 1. The minimum absolute atomic E-state index is 0.0323. The van der Waals surface area contributed by atoms with Gasteiger partial charge in [0, 0.05) is 17.8 Å². The molecule has 0 saturated heterocycles. The van der Waals surface area contributed by atoms with Gasteiger partial charge in [-0.15, -0.1) is 10.2 Å². The quantitative estimate of drug-likeness (QED) is 0.598. The number of nitriles is 1. The van der Waals surface area contributed by atoms with Crippen LogP contribution in [-0.2, 0) is 0 Å². The third-order valence-electron chi connectivity index (χ3n) is 3.49. The van der Waals surface area contributed by atoms with E-state index in [0.29, 0.717) is 28.6 Å². The van der Waals surface area contributed by atoms with Gasteiger partial charge in [-0.25, -0.2) is 0 Å². The Hall–Kier alpha value is -2.79. The Morgan fingerprint density at radius 1 is 1.26 bits per heavy atom. The molecule has 0 radical (unpaired) electrons. The minimum Gasteiger partial charge on any atom is -0.506 e. The lowest BCUT2D eigenvalue weighted by Crippen LogP contribution is -2.06. The molecule has 0 fully saturated rings. The summed E-state index contributed by atoms with van der Waals surface area (Å²) in [4.78, 5) is 0. The normalized spacial score (nSPS) is 9.89. The van der Waals surface area contributed by atoms with Crippen molar-refractivity contribution in [3.8, 4) is 23.3 Å². The third kappa shape index (κ3) is 5.34. The van der Waals surface area contributed by atoms with Crippen LogP contribution in [0.2, 0.25) is 10.0 Å². The van der Waals surface area contributed by atoms with Crippen LogP contribution in [-0.4, -0.2) is 33.6 Å². The summed E-state index contributed by atoms with van der Waals surface area (Å²) >= 11 is 11.6. The molecule has 0 saturated carbocycles. The molecule has 1 heterocycles. The second-order valence-electron chi connectivity index (χ2n) is 5.27. The largest absolute Gasteiger partial charge is 0.506 e. The summed E-state index contributed by atoms with van der Waals surface area (Å²) < 4.78 is 4.95. The molecule has 0 spiro atoms. The highest BCUT2D eigenvalue weighted by Gasteiger charge is 2.07. The van der Waals surface area contributed by atoms with E-state index in [1.165, 1.54) is 12.5 Å². The number of nitrogens with zero attached hydrogens (tertiary/aromatic N) is 3. The van der Waals surface area contributed by atoms with Gasteiger partial charge in [0.05, 0.1) is 22.2 Å². The van der Waals surface area contributed by atoms with Crippen LogP contribution >= 0.6 is 23.2 Å². The molecule has 3 rings (SSSR count). The number of hydrogen-bond acceptors (Lipinski definition) is 7. The zero-order valence-electron chi connectivity index (χ0n) is 14.3. The minimum atomic E-state index is 0.0323. The summed E-state index contributed by atoms with van der Waals surface area (Å²) in [5.74, 6) is 0.409. The first-order chi connectivity index (χ1) is 13.0. The molecule has 3 aromatic rings. The molecule has 0 unspecified atom stereocenters. The molecule has 2 aromatic carbocycles. The third-order valence-corrected chi connectivity index (χ3v) is 4.28. The van der Waals surface area contributed by atoms with Gasteiger partial charge in [0.1, 0.15) is 11.8 Å². The van der Waals surface area contributed by atoms with Gasteiger partial charge < -0.3 is 19.9 Å². The maximum Gasteiger partial charge on any atom is 0.247 e. The molecule has 7 nitrogen and oxygen atoms in total. The predicted octanol–water partition coefficient (Wildman–Crippen LogP) is 4.02. The number of anilines is 1. The number of aromatic hydroxyl groups is 1. The number of rotatable bonds is 4. The maximum atomic E-state index is 9.14. The highest BCUT2D eigenvalue weighted by molar-refractivity contribution is 6.33. The van der Waals surface area contributed by atoms with Crippen molar-refractivity contribution in [2.24, 2.45) is 0 Å². The fraction of sp³-hybridized carbons (Fsp3) is 0.167. The first-order valence-corrected chi connectivity index (χ1v) is 8.52. The molecule has 140 valence electrons. The van der Waals surface area contributed by atoms with E-state index in [9.17, 15) is 0 Å². The summed E-state index contributed by atoms with van der Waals surface area (Å²) in [6, 6.07) is 10.1. The van der Waals surface area contributed by atoms with Gasteiger partial charge in [-0.05, 0) is 42.8 Å². The summed E-state index contributed by atoms with van der Waals surface area (Å²) in [7, 11) is 0. The van der Waals surface area contributed by atoms with Crippen LogP contribution in [0.15, 0.2) is 41.1 Å². The van der Waals surface area contributed by atoms with Gasteiger partial charge in [-0.1, -0.05) is 23.2 Å². The molecule has 1 aromatic heterocycles. The summed E-state index contributed by atoms with van der Waals surface area (Å²) in [5, 5.41) is 37.5. The fourth-order valence-corrected chi connectivity index (χ4v) is 2.48. The van der Waals surface area contributed by atoms with E-state index in [0.717, 1.165) is 11.3 Å². The number of nitrogens with one attached hydrogen (secondary N) is 1. The maximum absolute atomic E-state index is 9.14. The molecule has 27 heavy (non-hydrogen) atoms. The number of aliphatic hydroxyl groups is 1. The van der Waals surface area contributed by atoms with Crippen molar-refractivity contribution >= 4 is 28.9 Å². The average Bonchev–Trinajstić information content (AvgIpc) is 3.20. The Morgan fingerprint density at radius 3 is 2.63 bits per heavy atom. The predicted molar refractivity (Wildman–Crippen MR) is 103 cm³/mol.